The summed E-state index contributed by atoms with van der Waals surface area (Å²) in [7, 11) is 0. The lowest BCUT2D eigenvalue weighted by Crippen LogP contribution is -2.16. The van der Waals surface area contributed by atoms with E-state index in [1.807, 2.05) is 0 Å². The predicted octanol–water partition coefficient (Wildman–Crippen LogP) is -0.405. The second-order valence-corrected chi connectivity index (χ2v) is 3.03. The minimum absolute atomic E-state index is 0.131. The summed E-state index contributed by atoms with van der Waals surface area (Å²) in [6.45, 7) is 1.46. The maximum atomic E-state index is 10.7. The lowest BCUT2D eigenvalue weighted by molar-refractivity contribution is 0.0303. The number of amides is 1. The number of nitrogens with zero attached hydrogens (tertiary/aromatic N) is 1. The van der Waals surface area contributed by atoms with E-state index >= 15 is 0 Å². The van der Waals surface area contributed by atoms with Gasteiger partial charge in [0.15, 0.2) is 0 Å². The summed E-state index contributed by atoms with van der Waals surface area (Å²) in [6.07, 6.45) is -0.557. The van der Waals surface area contributed by atoms with Crippen LogP contribution in [0.25, 0.3) is 0 Å². The minimum atomic E-state index is -0.996. The predicted molar refractivity (Wildman–Crippen MR) is 49.4 cm³/mol. The molecule has 1 aromatic rings. The maximum Gasteiger partial charge on any atom is 0.267 e. The third-order valence-electron chi connectivity index (χ3n) is 1.84. The highest BCUT2D eigenvalue weighted by atomic mass is 16.3. The van der Waals surface area contributed by atoms with E-state index in [0.29, 0.717) is 5.56 Å². The first-order valence-corrected chi connectivity index (χ1v) is 4.14. The Kier molecular flexibility index (Phi) is 3.16. The third kappa shape index (κ3) is 2.27. The van der Waals surface area contributed by atoms with Crippen LogP contribution in [-0.2, 0) is 0 Å². The number of aliphatic hydroxyl groups is 2. The van der Waals surface area contributed by atoms with Crippen LogP contribution in [0.4, 0.5) is 0 Å². The monoisotopic (exact) mass is 196 g/mol. The zero-order chi connectivity index (χ0) is 10.7. The zero-order valence-electron chi connectivity index (χ0n) is 7.71. The average Bonchev–Trinajstić information content (AvgIpc) is 2.16. The molecule has 0 radical (unpaired) electrons. The Bertz CT molecular complexity index is 321. The van der Waals surface area contributed by atoms with Gasteiger partial charge in [0.1, 0.15) is 11.8 Å². The standard InChI is InChI=1S/C9H12N2O3/c1-5(12)8(13)6-2-3-7(9(10)14)11-4-6/h2-5,8,12-13H,1H3,(H2,10,14). The molecule has 5 nitrogen and oxygen atoms in total. The van der Waals surface area contributed by atoms with Gasteiger partial charge in [-0.1, -0.05) is 6.07 Å². The van der Waals surface area contributed by atoms with Gasteiger partial charge in [-0.15, -0.1) is 0 Å². The van der Waals surface area contributed by atoms with Crippen molar-refractivity contribution < 1.29 is 15.0 Å². The van der Waals surface area contributed by atoms with Crippen molar-refractivity contribution >= 4 is 5.91 Å². The van der Waals surface area contributed by atoms with Crippen LogP contribution in [0.3, 0.4) is 0 Å². The van der Waals surface area contributed by atoms with Crippen molar-refractivity contribution in [3.05, 3.63) is 29.6 Å². The fourth-order valence-corrected chi connectivity index (χ4v) is 1.00. The van der Waals surface area contributed by atoms with E-state index in [1.54, 1.807) is 0 Å². The van der Waals surface area contributed by atoms with E-state index in [4.69, 9.17) is 10.8 Å². The van der Waals surface area contributed by atoms with Gasteiger partial charge in [-0.3, -0.25) is 9.78 Å². The molecule has 2 atom stereocenters. The van der Waals surface area contributed by atoms with Gasteiger partial charge < -0.3 is 15.9 Å². The first-order valence-electron chi connectivity index (χ1n) is 4.14. The van der Waals surface area contributed by atoms with Gasteiger partial charge in [-0.05, 0) is 13.0 Å². The minimum Gasteiger partial charge on any atom is -0.390 e. The molecule has 5 heteroatoms. The highest BCUT2D eigenvalue weighted by Crippen LogP contribution is 2.15. The molecule has 0 aromatic carbocycles. The summed E-state index contributed by atoms with van der Waals surface area (Å²) < 4.78 is 0. The molecule has 0 aliphatic rings. The van der Waals surface area contributed by atoms with E-state index in [-0.39, 0.29) is 5.69 Å². The van der Waals surface area contributed by atoms with Gasteiger partial charge in [0, 0.05) is 11.8 Å². The molecule has 1 heterocycles. The van der Waals surface area contributed by atoms with Gasteiger partial charge in [0.2, 0.25) is 0 Å². The second-order valence-electron chi connectivity index (χ2n) is 3.03. The highest BCUT2D eigenvalue weighted by molar-refractivity contribution is 5.90. The van der Waals surface area contributed by atoms with Crippen molar-refractivity contribution in [2.75, 3.05) is 0 Å². The van der Waals surface area contributed by atoms with Crippen molar-refractivity contribution in [2.24, 2.45) is 5.73 Å². The molecule has 1 amide bonds. The molecule has 76 valence electrons. The number of hydrogen-bond donors (Lipinski definition) is 3. The Morgan fingerprint density at radius 3 is 2.50 bits per heavy atom. The Hall–Kier alpha value is -1.46. The van der Waals surface area contributed by atoms with Crippen molar-refractivity contribution in [2.45, 2.75) is 19.1 Å². The summed E-state index contributed by atoms with van der Waals surface area (Å²) in [5.74, 6) is -0.622. The SMILES string of the molecule is CC(O)C(O)c1ccc(C(N)=O)nc1. The van der Waals surface area contributed by atoms with Gasteiger partial charge in [0.05, 0.1) is 6.10 Å². The van der Waals surface area contributed by atoms with E-state index < -0.39 is 18.1 Å². The van der Waals surface area contributed by atoms with Gasteiger partial charge >= 0.3 is 0 Å². The second kappa shape index (κ2) is 4.17. The van der Waals surface area contributed by atoms with Gasteiger partial charge in [0.25, 0.3) is 5.91 Å². The van der Waals surface area contributed by atoms with Crippen molar-refractivity contribution in [1.29, 1.82) is 0 Å². The fourth-order valence-electron chi connectivity index (χ4n) is 1.00. The molecular formula is C9H12N2O3. The summed E-state index contributed by atoms with van der Waals surface area (Å²) in [6, 6.07) is 2.91. The number of carbonyl (C=O) groups is 1. The van der Waals surface area contributed by atoms with E-state index in [2.05, 4.69) is 4.98 Å². The lowest BCUT2D eigenvalue weighted by atomic mass is 10.1. The topological polar surface area (TPSA) is 96.4 Å². The van der Waals surface area contributed by atoms with Crippen LogP contribution in [0, 0.1) is 0 Å². The van der Waals surface area contributed by atoms with E-state index in [1.165, 1.54) is 25.3 Å². The molecular weight excluding hydrogens is 184 g/mol. The number of carbonyl (C=O) groups excluding carboxylic acids is 1. The van der Waals surface area contributed by atoms with Crippen LogP contribution in [0.2, 0.25) is 0 Å². The number of pyridine rings is 1. The number of aromatic nitrogens is 1. The van der Waals surface area contributed by atoms with E-state index in [9.17, 15) is 9.90 Å². The van der Waals surface area contributed by atoms with Crippen molar-refractivity contribution in [3.63, 3.8) is 0 Å². The van der Waals surface area contributed by atoms with Crippen LogP contribution in [0.5, 0.6) is 0 Å². The Morgan fingerprint density at radius 1 is 1.50 bits per heavy atom. The molecule has 0 saturated heterocycles. The molecule has 0 aliphatic carbocycles. The molecule has 2 unspecified atom stereocenters. The van der Waals surface area contributed by atoms with Crippen LogP contribution in [0.15, 0.2) is 18.3 Å². The summed E-state index contributed by atoms with van der Waals surface area (Å²) in [4.78, 5) is 14.4. The zero-order valence-corrected chi connectivity index (χ0v) is 7.71. The molecule has 0 bridgehead atoms. The van der Waals surface area contributed by atoms with Crippen LogP contribution < -0.4 is 5.73 Å². The molecule has 0 spiro atoms. The largest absolute Gasteiger partial charge is 0.390 e. The average molecular weight is 196 g/mol. The van der Waals surface area contributed by atoms with Crippen LogP contribution >= 0.6 is 0 Å². The Balaban J connectivity index is 2.88. The third-order valence-corrected chi connectivity index (χ3v) is 1.84. The fraction of sp³-hybridized carbons (Fsp3) is 0.333. The smallest absolute Gasteiger partial charge is 0.267 e. The van der Waals surface area contributed by atoms with Gasteiger partial charge in [-0.25, -0.2) is 0 Å². The molecule has 1 rings (SSSR count). The van der Waals surface area contributed by atoms with Crippen LogP contribution in [-0.4, -0.2) is 27.2 Å². The molecule has 0 saturated carbocycles. The maximum absolute atomic E-state index is 10.7. The molecule has 1 aromatic heterocycles. The number of rotatable bonds is 3. The summed E-state index contributed by atoms with van der Waals surface area (Å²) >= 11 is 0. The highest BCUT2D eigenvalue weighted by Gasteiger charge is 2.14. The molecule has 14 heavy (non-hydrogen) atoms. The van der Waals surface area contributed by atoms with E-state index in [0.717, 1.165) is 0 Å². The first kappa shape index (κ1) is 10.6. The summed E-state index contributed by atoms with van der Waals surface area (Å²) in [5.41, 5.74) is 5.57. The molecule has 0 aliphatic heterocycles. The first-order chi connectivity index (χ1) is 6.52. The molecule has 0 fully saturated rings. The van der Waals surface area contributed by atoms with Gasteiger partial charge in [-0.2, -0.15) is 0 Å². The van der Waals surface area contributed by atoms with Crippen molar-refractivity contribution in [3.8, 4) is 0 Å². The normalized spacial score (nSPS) is 14.8. The lowest BCUT2D eigenvalue weighted by Gasteiger charge is -2.13. The number of hydrogen-bond acceptors (Lipinski definition) is 4. The number of nitrogens with two attached hydrogens (primary N) is 1. The number of primary amides is 1. The Morgan fingerprint density at radius 2 is 2.14 bits per heavy atom. The van der Waals surface area contributed by atoms with Crippen LogP contribution in [0.1, 0.15) is 29.1 Å². The summed E-state index contributed by atoms with van der Waals surface area (Å²) in [5, 5.41) is 18.5. The Labute approximate surface area is 81.2 Å². The van der Waals surface area contributed by atoms with Crippen molar-refractivity contribution in [1.82, 2.24) is 4.98 Å². The number of aliphatic hydroxyl groups excluding tert-OH is 2. The molecule has 4 N–H and O–H groups in total. The quantitative estimate of drug-likeness (QED) is 0.612.